The third-order valence-corrected chi connectivity index (χ3v) is 3.57. The highest BCUT2D eigenvalue weighted by molar-refractivity contribution is 9.10. The molecule has 19 heavy (non-hydrogen) atoms. The van der Waals surface area contributed by atoms with Crippen molar-refractivity contribution in [2.24, 2.45) is 0 Å². The van der Waals surface area contributed by atoms with Gasteiger partial charge in [-0.2, -0.15) is 0 Å². The molecule has 1 aromatic heterocycles. The van der Waals surface area contributed by atoms with Gasteiger partial charge in [0.1, 0.15) is 10.3 Å². The molecule has 0 spiro atoms. The van der Waals surface area contributed by atoms with Gasteiger partial charge >= 0.3 is 0 Å². The first-order chi connectivity index (χ1) is 9.10. The lowest BCUT2D eigenvalue weighted by Gasteiger charge is -2.06. The highest BCUT2D eigenvalue weighted by Gasteiger charge is 2.09. The van der Waals surface area contributed by atoms with Crippen LogP contribution in [0.1, 0.15) is 22.6 Å². The molecule has 5 heteroatoms. The predicted molar refractivity (Wildman–Crippen MR) is 77.3 cm³/mol. The zero-order chi connectivity index (χ0) is 13.8. The van der Waals surface area contributed by atoms with E-state index >= 15 is 0 Å². The van der Waals surface area contributed by atoms with E-state index in [0.717, 1.165) is 5.56 Å². The average Bonchev–Trinajstić information content (AvgIpc) is 2.38. The lowest BCUT2D eigenvalue weighted by Crippen LogP contribution is -2.16. The summed E-state index contributed by atoms with van der Waals surface area (Å²) in [6, 6.07) is 8.16. The number of hydrogen-bond acceptors (Lipinski definition) is 3. The number of methoxy groups -OCH3 is 1. The summed E-state index contributed by atoms with van der Waals surface area (Å²) in [5.41, 5.74) is 2.76. The van der Waals surface area contributed by atoms with Crippen LogP contribution in [0.5, 0.6) is 0 Å². The normalized spacial score (nSPS) is 10.7. The minimum atomic E-state index is -0.177. The van der Waals surface area contributed by atoms with Gasteiger partial charge in [-0.25, -0.2) is 4.98 Å². The molecule has 0 aliphatic rings. The molecule has 0 unspecified atom stereocenters. The first-order valence-electron chi connectivity index (χ1n) is 5.92. The fourth-order valence-electron chi connectivity index (χ4n) is 1.77. The minimum absolute atomic E-state index is 0.177. The third kappa shape index (κ3) is 3.52. The van der Waals surface area contributed by atoms with Crippen molar-refractivity contribution in [3.63, 3.8) is 0 Å². The number of hydrogen-bond donors (Lipinski definition) is 1. The Morgan fingerprint density at radius 3 is 2.63 bits per heavy atom. The Bertz CT molecular complexity index is 620. The Labute approximate surface area is 120 Å². The Morgan fingerprint density at radius 2 is 2.00 bits per heavy atom. The van der Waals surface area contributed by atoms with Gasteiger partial charge in [-0.3, -0.25) is 4.79 Å². The second-order valence-electron chi connectivity index (χ2n) is 4.37. The van der Waals surface area contributed by atoms with Crippen molar-refractivity contribution in [3.8, 4) is 0 Å². The van der Waals surface area contributed by atoms with E-state index in [1.165, 1.54) is 5.56 Å². The van der Waals surface area contributed by atoms with Gasteiger partial charge in [-0.05, 0) is 28.4 Å². The number of aryl methyl sites for hydroxylation is 1. The van der Waals surface area contributed by atoms with Crippen molar-refractivity contribution in [1.29, 1.82) is 0 Å². The Morgan fingerprint density at radius 1 is 1.32 bits per heavy atom. The van der Waals surface area contributed by atoms with Crippen LogP contribution in [-0.4, -0.2) is 17.1 Å². The van der Waals surface area contributed by atoms with Crippen molar-refractivity contribution in [3.05, 3.63) is 61.7 Å². The van der Waals surface area contributed by atoms with Crippen molar-refractivity contribution >= 4 is 15.9 Å². The predicted octanol–water partition coefficient (Wildman–Crippen LogP) is 2.58. The largest absolute Gasteiger partial charge is 0.378 e. The number of rotatable bonds is 4. The zero-order valence-electron chi connectivity index (χ0n) is 10.9. The molecule has 0 saturated heterocycles. The molecule has 0 saturated carbocycles. The molecule has 1 heterocycles. The van der Waals surface area contributed by atoms with Crippen LogP contribution in [-0.2, 0) is 17.8 Å². The maximum absolute atomic E-state index is 11.8. The molecule has 2 aromatic rings. The van der Waals surface area contributed by atoms with Crippen molar-refractivity contribution < 1.29 is 4.74 Å². The van der Waals surface area contributed by atoms with Gasteiger partial charge in [0.05, 0.1) is 12.3 Å². The summed E-state index contributed by atoms with van der Waals surface area (Å²) in [5.74, 6) is 0.643. The number of nitrogens with one attached hydrogen (secondary N) is 1. The molecule has 0 atom stereocenters. The van der Waals surface area contributed by atoms with Crippen molar-refractivity contribution in [2.75, 3.05) is 7.11 Å². The van der Waals surface area contributed by atoms with Gasteiger partial charge in [-0.15, -0.1) is 0 Å². The van der Waals surface area contributed by atoms with Crippen LogP contribution in [0, 0.1) is 6.92 Å². The van der Waals surface area contributed by atoms with Gasteiger partial charge in [0, 0.05) is 13.5 Å². The lowest BCUT2D eigenvalue weighted by atomic mass is 10.1. The van der Waals surface area contributed by atoms with E-state index in [9.17, 15) is 4.79 Å². The number of ether oxygens (including phenoxy) is 1. The standard InChI is InChI=1S/C14H15BrN2O2/c1-9-3-5-10(6-4-9)7-12-16-11(8-19-2)13(15)14(18)17-12/h3-6H,7-8H2,1-2H3,(H,16,17,18). The summed E-state index contributed by atoms with van der Waals surface area (Å²) in [4.78, 5) is 19.0. The summed E-state index contributed by atoms with van der Waals surface area (Å²) < 4.78 is 5.47. The fraction of sp³-hybridized carbons (Fsp3) is 0.286. The topological polar surface area (TPSA) is 55.0 Å². The molecular weight excluding hydrogens is 308 g/mol. The molecule has 4 nitrogen and oxygen atoms in total. The van der Waals surface area contributed by atoms with Crippen LogP contribution < -0.4 is 5.56 Å². The van der Waals surface area contributed by atoms with E-state index < -0.39 is 0 Å². The number of aromatic nitrogens is 2. The molecular formula is C14H15BrN2O2. The van der Waals surface area contributed by atoms with Crippen LogP contribution in [0.4, 0.5) is 0 Å². The van der Waals surface area contributed by atoms with Gasteiger partial charge in [0.25, 0.3) is 5.56 Å². The van der Waals surface area contributed by atoms with Crippen LogP contribution in [0.15, 0.2) is 33.5 Å². The maximum Gasteiger partial charge on any atom is 0.265 e. The Balaban J connectivity index is 2.30. The van der Waals surface area contributed by atoms with E-state index in [1.54, 1.807) is 7.11 Å². The molecule has 2 rings (SSSR count). The average molecular weight is 323 g/mol. The molecule has 0 aliphatic carbocycles. The Hall–Kier alpha value is -1.46. The van der Waals surface area contributed by atoms with E-state index in [-0.39, 0.29) is 5.56 Å². The number of nitrogens with zero attached hydrogens (tertiary/aromatic N) is 1. The summed E-state index contributed by atoms with van der Waals surface area (Å²) in [7, 11) is 1.58. The summed E-state index contributed by atoms with van der Waals surface area (Å²) in [6.07, 6.45) is 0.597. The molecule has 0 fully saturated rings. The van der Waals surface area contributed by atoms with Crippen molar-refractivity contribution in [2.45, 2.75) is 20.0 Å². The van der Waals surface area contributed by atoms with Crippen LogP contribution >= 0.6 is 15.9 Å². The van der Waals surface area contributed by atoms with E-state index in [2.05, 4.69) is 25.9 Å². The molecule has 0 bridgehead atoms. The van der Waals surface area contributed by atoms with E-state index in [4.69, 9.17) is 4.74 Å². The quantitative estimate of drug-likeness (QED) is 0.941. The smallest absolute Gasteiger partial charge is 0.265 e. The van der Waals surface area contributed by atoms with Crippen LogP contribution in [0.25, 0.3) is 0 Å². The van der Waals surface area contributed by atoms with Gasteiger partial charge in [-0.1, -0.05) is 29.8 Å². The summed E-state index contributed by atoms with van der Waals surface area (Å²) in [6.45, 7) is 2.35. The summed E-state index contributed by atoms with van der Waals surface area (Å²) in [5, 5.41) is 0. The molecule has 100 valence electrons. The SMILES string of the molecule is COCc1nc(Cc2ccc(C)cc2)[nH]c(=O)c1Br. The first kappa shape index (κ1) is 14.0. The van der Waals surface area contributed by atoms with E-state index in [1.807, 2.05) is 31.2 Å². The molecule has 0 amide bonds. The third-order valence-electron chi connectivity index (χ3n) is 2.75. The van der Waals surface area contributed by atoms with Gasteiger partial charge in [0.15, 0.2) is 0 Å². The highest BCUT2D eigenvalue weighted by Crippen LogP contribution is 2.12. The maximum atomic E-state index is 11.8. The van der Waals surface area contributed by atoms with E-state index in [0.29, 0.717) is 29.0 Å². The number of aromatic amines is 1. The minimum Gasteiger partial charge on any atom is -0.378 e. The Kier molecular flexibility index (Phi) is 4.50. The second-order valence-corrected chi connectivity index (χ2v) is 5.16. The van der Waals surface area contributed by atoms with Crippen LogP contribution in [0.2, 0.25) is 0 Å². The zero-order valence-corrected chi connectivity index (χ0v) is 12.5. The monoisotopic (exact) mass is 322 g/mol. The number of benzene rings is 1. The van der Waals surface area contributed by atoms with Crippen LogP contribution in [0.3, 0.4) is 0 Å². The number of halogens is 1. The van der Waals surface area contributed by atoms with Gasteiger partial charge < -0.3 is 9.72 Å². The van der Waals surface area contributed by atoms with Crippen molar-refractivity contribution in [1.82, 2.24) is 9.97 Å². The lowest BCUT2D eigenvalue weighted by molar-refractivity contribution is 0.180. The summed E-state index contributed by atoms with van der Waals surface area (Å²) >= 11 is 3.22. The highest BCUT2D eigenvalue weighted by atomic mass is 79.9. The number of H-pyrrole nitrogens is 1. The second kappa shape index (κ2) is 6.12. The molecule has 1 N–H and O–H groups in total. The molecule has 1 aromatic carbocycles. The fourth-order valence-corrected chi connectivity index (χ4v) is 2.07. The molecule has 0 radical (unpaired) electrons. The first-order valence-corrected chi connectivity index (χ1v) is 6.71. The molecule has 0 aliphatic heterocycles. The van der Waals surface area contributed by atoms with Gasteiger partial charge in [0.2, 0.25) is 0 Å².